The Balaban J connectivity index is 2.94. The third kappa shape index (κ3) is 2.93. The second kappa shape index (κ2) is 3.24. The molecule has 0 aliphatic rings. The Bertz CT molecular complexity index is 302. The highest BCUT2D eigenvalue weighted by Crippen LogP contribution is 2.25. The molecule has 0 aliphatic carbocycles. The van der Waals surface area contributed by atoms with Crippen molar-refractivity contribution in [2.24, 2.45) is 0 Å². The minimum Gasteiger partial charge on any atom is -0.508 e. The van der Waals surface area contributed by atoms with E-state index in [1.165, 1.54) is 18.2 Å². The van der Waals surface area contributed by atoms with Crippen molar-refractivity contribution in [1.29, 1.82) is 0 Å². The summed E-state index contributed by atoms with van der Waals surface area (Å²) in [6.07, 6.45) is 0. The molecule has 1 N–H and O–H groups in total. The van der Waals surface area contributed by atoms with Crippen LogP contribution in [0.25, 0.3) is 0 Å². The molecule has 1 aromatic carbocycles. The van der Waals surface area contributed by atoms with E-state index in [2.05, 4.69) is 0 Å². The van der Waals surface area contributed by atoms with Crippen LogP contribution >= 0.6 is 0 Å². The number of phenols is 1. The average Bonchev–Trinajstić information content (AvgIpc) is 1.94. The minimum atomic E-state index is -0.465. The van der Waals surface area contributed by atoms with Crippen LogP contribution in [0.1, 0.15) is 20.8 Å². The van der Waals surface area contributed by atoms with E-state index in [1.807, 2.05) is 20.8 Å². The zero-order valence-corrected chi connectivity index (χ0v) is 7.97. The van der Waals surface area contributed by atoms with Gasteiger partial charge in [-0.2, -0.15) is 0 Å². The summed E-state index contributed by atoms with van der Waals surface area (Å²) >= 11 is 0. The molecule has 0 aliphatic heterocycles. The van der Waals surface area contributed by atoms with Crippen LogP contribution in [0.15, 0.2) is 18.2 Å². The van der Waals surface area contributed by atoms with Crippen molar-refractivity contribution in [2.45, 2.75) is 26.4 Å². The van der Waals surface area contributed by atoms with Gasteiger partial charge in [-0.05, 0) is 32.9 Å². The van der Waals surface area contributed by atoms with Gasteiger partial charge in [-0.3, -0.25) is 0 Å². The second-order valence-electron chi connectivity index (χ2n) is 3.83. The Labute approximate surface area is 77.0 Å². The van der Waals surface area contributed by atoms with Crippen molar-refractivity contribution < 1.29 is 14.2 Å². The lowest BCUT2D eigenvalue weighted by atomic mass is 10.2. The van der Waals surface area contributed by atoms with Crippen molar-refractivity contribution in [3.05, 3.63) is 24.0 Å². The standard InChI is InChI=1S/C10H13FO2/c1-10(2,3)13-9-6-7(12)4-5-8(9)11/h4-6,12H,1-3H3. The van der Waals surface area contributed by atoms with E-state index in [4.69, 9.17) is 9.84 Å². The summed E-state index contributed by atoms with van der Waals surface area (Å²) < 4.78 is 18.3. The van der Waals surface area contributed by atoms with Gasteiger partial charge in [-0.15, -0.1) is 0 Å². The quantitative estimate of drug-likeness (QED) is 0.727. The summed E-state index contributed by atoms with van der Waals surface area (Å²) in [7, 11) is 0. The third-order valence-electron chi connectivity index (χ3n) is 1.33. The molecule has 3 heteroatoms. The Kier molecular flexibility index (Phi) is 2.45. The van der Waals surface area contributed by atoms with Crippen LogP contribution in [0.2, 0.25) is 0 Å². The molecule has 1 aromatic rings. The fourth-order valence-electron chi connectivity index (χ4n) is 0.900. The van der Waals surface area contributed by atoms with Crippen LogP contribution in [-0.4, -0.2) is 10.7 Å². The molecule has 2 nitrogen and oxygen atoms in total. The second-order valence-corrected chi connectivity index (χ2v) is 3.83. The molecular weight excluding hydrogens is 171 g/mol. The van der Waals surface area contributed by atoms with E-state index in [0.717, 1.165) is 0 Å². The van der Waals surface area contributed by atoms with Gasteiger partial charge in [0.1, 0.15) is 11.4 Å². The lowest BCUT2D eigenvalue weighted by Gasteiger charge is -2.21. The average molecular weight is 184 g/mol. The summed E-state index contributed by atoms with van der Waals surface area (Å²) in [6.45, 7) is 5.45. The number of halogens is 1. The molecule has 13 heavy (non-hydrogen) atoms. The third-order valence-corrected chi connectivity index (χ3v) is 1.33. The van der Waals surface area contributed by atoms with Gasteiger partial charge in [-0.25, -0.2) is 4.39 Å². The maximum atomic E-state index is 13.1. The molecule has 72 valence electrons. The number of hydrogen-bond acceptors (Lipinski definition) is 2. The highest BCUT2D eigenvalue weighted by atomic mass is 19.1. The van der Waals surface area contributed by atoms with Gasteiger partial charge >= 0.3 is 0 Å². The largest absolute Gasteiger partial charge is 0.508 e. The molecule has 0 saturated carbocycles. The molecule has 0 spiro atoms. The first-order chi connectivity index (χ1) is 5.88. The van der Waals surface area contributed by atoms with Gasteiger partial charge in [0, 0.05) is 6.07 Å². The first-order valence-electron chi connectivity index (χ1n) is 4.06. The first-order valence-corrected chi connectivity index (χ1v) is 4.06. The molecule has 0 heterocycles. The maximum Gasteiger partial charge on any atom is 0.165 e. The van der Waals surface area contributed by atoms with Crippen LogP contribution in [0.4, 0.5) is 4.39 Å². The smallest absolute Gasteiger partial charge is 0.165 e. The first kappa shape index (κ1) is 9.84. The molecule has 0 saturated heterocycles. The van der Waals surface area contributed by atoms with Gasteiger partial charge in [0.15, 0.2) is 11.6 Å². The molecule has 0 unspecified atom stereocenters. The fraction of sp³-hybridized carbons (Fsp3) is 0.400. The van der Waals surface area contributed by atoms with Gasteiger partial charge in [0.2, 0.25) is 0 Å². The lowest BCUT2D eigenvalue weighted by molar-refractivity contribution is 0.124. The molecule has 0 amide bonds. The van der Waals surface area contributed by atoms with E-state index < -0.39 is 11.4 Å². The summed E-state index contributed by atoms with van der Waals surface area (Å²) in [5.74, 6) is -0.388. The fourth-order valence-corrected chi connectivity index (χ4v) is 0.900. The summed E-state index contributed by atoms with van der Waals surface area (Å²) in [5, 5.41) is 9.09. The minimum absolute atomic E-state index is 0.000602. The zero-order valence-electron chi connectivity index (χ0n) is 7.97. The SMILES string of the molecule is CC(C)(C)Oc1cc(O)ccc1F. The van der Waals surface area contributed by atoms with Gasteiger partial charge in [-0.1, -0.05) is 0 Å². The number of aromatic hydroxyl groups is 1. The van der Waals surface area contributed by atoms with Crippen LogP contribution in [0, 0.1) is 5.82 Å². The van der Waals surface area contributed by atoms with Gasteiger partial charge < -0.3 is 9.84 Å². The lowest BCUT2D eigenvalue weighted by Crippen LogP contribution is -2.23. The zero-order chi connectivity index (χ0) is 10.1. The van der Waals surface area contributed by atoms with Gasteiger partial charge in [0.25, 0.3) is 0 Å². The molecular formula is C10H13FO2. The number of rotatable bonds is 1. The topological polar surface area (TPSA) is 29.5 Å². The summed E-state index contributed by atoms with van der Waals surface area (Å²) in [4.78, 5) is 0. The van der Waals surface area contributed by atoms with E-state index in [0.29, 0.717) is 0 Å². The van der Waals surface area contributed by atoms with Crippen LogP contribution in [0.3, 0.4) is 0 Å². The molecule has 1 rings (SSSR count). The monoisotopic (exact) mass is 184 g/mol. The Morgan fingerprint density at radius 2 is 1.92 bits per heavy atom. The normalized spacial score (nSPS) is 11.4. The highest BCUT2D eigenvalue weighted by molar-refractivity contribution is 5.33. The Morgan fingerprint density at radius 1 is 1.31 bits per heavy atom. The molecule has 0 atom stereocenters. The number of benzene rings is 1. The highest BCUT2D eigenvalue weighted by Gasteiger charge is 2.14. The van der Waals surface area contributed by atoms with Crippen LogP contribution < -0.4 is 4.74 Å². The van der Waals surface area contributed by atoms with Crippen LogP contribution in [-0.2, 0) is 0 Å². The Hall–Kier alpha value is -1.25. The number of ether oxygens (including phenoxy) is 1. The van der Waals surface area contributed by atoms with Crippen molar-refractivity contribution in [3.63, 3.8) is 0 Å². The number of hydrogen-bond donors (Lipinski definition) is 1. The summed E-state index contributed by atoms with van der Waals surface area (Å²) in [5.41, 5.74) is -0.464. The maximum absolute atomic E-state index is 13.1. The van der Waals surface area contributed by atoms with Crippen molar-refractivity contribution in [2.75, 3.05) is 0 Å². The van der Waals surface area contributed by atoms with Crippen LogP contribution in [0.5, 0.6) is 11.5 Å². The van der Waals surface area contributed by atoms with E-state index in [9.17, 15) is 4.39 Å². The number of phenolic OH excluding ortho intramolecular Hbond substituents is 1. The van der Waals surface area contributed by atoms with Crippen molar-refractivity contribution in [1.82, 2.24) is 0 Å². The van der Waals surface area contributed by atoms with Gasteiger partial charge in [0.05, 0.1) is 0 Å². The Morgan fingerprint density at radius 3 is 2.46 bits per heavy atom. The van der Waals surface area contributed by atoms with Crippen molar-refractivity contribution >= 4 is 0 Å². The molecule has 0 fully saturated rings. The van der Waals surface area contributed by atoms with E-state index in [-0.39, 0.29) is 11.5 Å². The molecule has 0 radical (unpaired) electrons. The predicted octanol–water partition coefficient (Wildman–Crippen LogP) is 2.71. The van der Waals surface area contributed by atoms with E-state index in [1.54, 1.807) is 0 Å². The summed E-state index contributed by atoms with van der Waals surface area (Å²) in [6, 6.07) is 3.72. The predicted molar refractivity (Wildman–Crippen MR) is 48.4 cm³/mol. The van der Waals surface area contributed by atoms with E-state index >= 15 is 0 Å². The van der Waals surface area contributed by atoms with Crippen molar-refractivity contribution in [3.8, 4) is 11.5 Å². The molecule has 0 bridgehead atoms. The molecule has 0 aromatic heterocycles.